The van der Waals surface area contributed by atoms with E-state index >= 15 is 0 Å². The molecule has 0 aromatic heterocycles. The van der Waals surface area contributed by atoms with Crippen LogP contribution in [0.1, 0.15) is 109 Å². The summed E-state index contributed by atoms with van der Waals surface area (Å²) in [4.78, 5) is 43.0. The summed E-state index contributed by atoms with van der Waals surface area (Å²) in [6, 6.07) is 11.7. The second-order valence-electron chi connectivity index (χ2n) is 20.7. The molecule has 2 heterocycles. The molecule has 0 saturated carbocycles. The fraction of sp³-hybridized carbons (Fsp3) is 0.500. The molecule has 3 atom stereocenters. The summed E-state index contributed by atoms with van der Waals surface area (Å²) in [5.74, 6) is -3.94. The number of ether oxygens (including phenoxy) is 1. The first-order valence-corrected chi connectivity index (χ1v) is 31.3. The molecule has 2 aromatic carbocycles. The lowest BCUT2D eigenvalue weighted by molar-refractivity contribution is -0.548. The number of nitrogens with zero attached hydrogens (tertiary/aromatic N) is 2. The fourth-order valence-corrected chi connectivity index (χ4v) is 12.8. The molecule has 4 aliphatic rings. The van der Waals surface area contributed by atoms with Gasteiger partial charge in [-0.2, -0.15) is 33.7 Å². The molecule has 0 bridgehead atoms. The van der Waals surface area contributed by atoms with E-state index in [4.69, 9.17) is 4.74 Å². The molecule has 24 heteroatoms. The highest BCUT2D eigenvalue weighted by Crippen LogP contribution is 2.51. The predicted octanol–water partition coefficient (Wildman–Crippen LogP) is 5.58. The lowest BCUT2D eigenvalue weighted by atomic mass is 9.68. The molecule has 416 valence electrons. The molecular weight excluding hydrogens is 1060 g/mol. The number of anilines is 1. The predicted molar refractivity (Wildman–Crippen MR) is 287 cm³/mol. The van der Waals surface area contributed by atoms with Gasteiger partial charge in [-0.25, -0.2) is 4.58 Å². The molecule has 76 heavy (non-hydrogen) atoms. The van der Waals surface area contributed by atoms with Crippen LogP contribution in [-0.2, 0) is 65.0 Å². The van der Waals surface area contributed by atoms with Crippen LogP contribution in [0, 0.1) is 10.8 Å². The molecular formula is C52H69N4O16S4+. The van der Waals surface area contributed by atoms with Crippen LogP contribution in [0.5, 0.6) is 0 Å². The Balaban J connectivity index is 1.50. The Labute approximate surface area is 446 Å². The zero-order valence-electron chi connectivity index (χ0n) is 43.3. The minimum atomic E-state index is -4.66. The minimum Gasteiger partial charge on any atom is -0.466 e. The Morgan fingerprint density at radius 1 is 0.776 bits per heavy atom. The van der Waals surface area contributed by atoms with Crippen molar-refractivity contribution < 1.29 is 75.6 Å². The molecule has 0 radical (unpaired) electrons. The third-order valence-corrected chi connectivity index (χ3v) is 17.6. The first-order chi connectivity index (χ1) is 35.4. The maximum atomic E-state index is 14.9. The van der Waals surface area contributed by atoms with Crippen LogP contribution in [0.15, 0.2) is 101 Å². The normalized spacial score (nSPS) is 22.1. The summed E-state index contributed by atoms with van der Waals surface area (Å²) in [5, 5.41) is 5.46. The minimum absolute atomic E-state index is 0.0271. The summed E-state index contributed by atoms with van der Waals surface area (Å²) in [7, 11) is -17.9. The van der Waals surface area contributed by atoms with Crippen molar-refractivity contribution in [2.75, 3.05) is 54.9 Å². The molecule has 0 spiro atoms. The Kier molecular flexibility index (Phi) is 18.7. The van der Waals surface area contributed by atoms with Crippen LogP contribution in [0.4, 0.5) is 5.69 Å². The van der Waals surface area contributed by atoms with E-state index in [1.54, 1.807) is 50.0 Å². The number of hydrogen-bond donors (Lipinski definition) is 6. The van der Waals surface area contributed by atoms with Gasteiger partial charge in [-0.15, -0.1) is 0 Å². The number of hydrogen-bond acceptors (Lipinski definition) is 13. The molecule has 0 saturated heterocycles. The number of carbonyl (C=O) groups excluding carboxylic acids is 3. The van der Waals surface area contributed by atoms with Gasteiger partial charge in [0.15, 0.2) is 11.8 Å². The SMILES string of the molecule is CCOC(=O)CCCCCNC(=O)C1(C(=O)NCCS(=O)(=O)O)CC(/C=C/C2=[N+](CCCS(=O)(=O)O)C3C=Cc4ccccc4C3C2(C)C)=CC(=C/C=C2/N(CCCS(=O)(=O)O)c3ccc(S(=O)(=O)O)cc3C2(C)C)/C1. The van der Waals surface area contributed by atoms with Crippen molar-refractivity contribution in [2.24, 2.45) is 10.8 Å². The molecule has 0 fully saturated rings. The maximum absolute atomic E-state index is 14.9. The number of allylic oxidation sites excluding steroid dienone is 8. The van der Waals surface area contributed by atoms with Gasteiger partial charge in [0.25, 0.3) is 40.5 Å². The second-order valence-corrected chi connectivity index (χ2v) is 26.8. The summed E-state index contributed by atoms with van der Waals surface area (Å²) < 4.78 is 142. The Morgan fingerprint density at radius 3 is 2.09 bits per heavy atom. The zero-order valence-corrected chi connectivity index (χ0v) is 46.5. The molecule has 2 aliphatic heterocycles. The van der Waals surface area contributed by atoms with E-state index in [9.17, 15) is 66.3 Å². The van der Waals surface area contributed by atoms with Crippen molar-refractivity contribution in [3.63, 3.8) is 0 Å². The highest BCUT2D eigenvalue weighted by Gasteiger charge is 2.55. The zero-order chi connectivity index (χ0) is 56.1. The molecule has 6 N–H and O–H groups in total. The van der Waals surface area contributed by atoms with Gasteiger partial charge >= 0.3 is 5.97 Å². The molecule has 2 amide bonds. The molecule has 2 aromatic rings. The van der Waals surface area contributed by atoms with E-state index in [1.165, 1.54) is 18.2 Å². The Morgan fingerprint density at radius 2 is 1.43 bits per heavy atom. The van der Waals surface area contributed by atoms with Crippen LogP contribution in [0.25, 0.3) is 6.08 Å². The smallest absolute Gasteiger partial charge is 0.305 e. The maximum Gasteiger partial charge on any atom is 0.305 e. The van der Waals surface area contributed by atoms with Crippen molar-refractivity contribution in [3.05, 3.63) is 112 Å². The van der Waals surface area contributed by atoms with Crippen LogP contribution >= 0.6 is 0 Å². The number of benzene rings is 2. The lowest BCUT2D eigenvalue weighted by Crippen LogP contribution is -2.53. The number of fused-ring (bicyclic) bond motifs is 4. The number of carbonyl (C=O) groups is 3. The average molecular weight is 1130 g/mol. The van der Waals surface area contributed by atoms with Crippen LogP contribution in [0.2, 0.25) is 0 Å². The van der Waals surface area contributed by atoms with Crippen molar-refractivity contribution in [2.45, 2.75) is 108 Å². The van der Waals surface area contributed by atoms with Crippen molar-refractivity contribution in [1.29, 1.82) is 0 Å². The Hall–Kier alpha value is -5.34. The molecule has 2 aliphatic carbocycles. The monoisotopic (exact) mass is 1130 g/mol. The number of unbranched alkanes of at least 4 members (excludes halogenated alkanes) is 2. The number of nitrogens with one attached hydrogen (secondary N) is 2. The molecule has 6 rings (SSSR count). The summed E-state index contributed by atoms with van der Waals surface area (Å²) >= 11 is 0. The third-order valence-electron chi connectivity index (χ3n) is 14.5. The standard InChI is InChI=1S/C52H68N4O16S4/c1-6-72-46(57)16-8-7-11-25-53-48(58)52(49(59)54-26-31-75(66,67)68)34-36(17-23-44-50(2,3)41-33-39(76(69,70)71)20-22-42(41)55(44)27-12-29-73(60,61)62)32-37(35-52)18-24-45-51(4,5)47-40-15-10-9-14-38(40)19-21-43(47)56(45)28-13-30-74(63,64)65/h9-10,14-15,17-24,32-33,43,47H,6-8,11-13,16,25-31,34-35H2,1-5H3,(H5-,53,54,58,59,60,61,62,63,64,65,66,67,68,69,70,71)/p+1. The van der Waals surface area contributed by atoms with Gasteiger partial charge in [0.1, 0.15) is 12.0 Å². The van der Waals surface area contributed by atoms with E-state index in [0.717, 1.165) is 16.8 Å². The van der Waals surface area contributed by atoms with Crippen LogP contribution in [-0.4, -0.2) is 136 Å². The van der Waals surface area contributed by atoms with Gasteiger partial charge in [0, 0.05) is 55.4 Å². The van der Waals surface area contributed by atoms with Gasteiger partial charge in [0.2, 0.25) is 11.8 Å². The van der Waals surface area contributed by atoms with E-state index in [0.29, 0.717) is 47.4 Å². The van der Waals surface area contributed by atoms with Crippen molar-refractivity contribution in [1.82, 2.24) is 10.6 Å². The van der Waals surface area contributed by atoms with E-state index in [1.807, 2.05) is 30.4 Å². The third kappa shape index (κ3) is 14.6. The molecule has 3 unspecified atom stereocenters. The molecule has 20 nitrogen and oxygen atoms in total. The summed E-state index contributed by atoms with van der Waals surface area (Å²) in [6.07, 6.45) is 14.1. The van der Waals surface area contributed by atoms with Crippen molar-refractivity contribution in [3.8, 4) is 0 Å². The largest absolute Gasteiger partial charge is 0.466 e. The number of esters is 1. The number of amides is 2. The highest BCUT2D eigenvalue weighted by molar-refractivity contribution is 7.86. The van der Waals surface area contributed by atoms with E-state index in [2.05, 4.69) is 41.2 Å². The highest BCUT2D eigenvalue weighted by atomic mass is 32.2. The first-order valence-electron chi connectivity index (χ1n) is 25.1. The van der Waals surface area contributed by atoms with Gasteiger partial charge in [-0.3, -0.25) is 32.6 Å². The van der Waals surface area contributed by atoms with Gasteiger partial charge in [-0.1, -0.05) is 68.8 Å². The first kappa shape index (κ1) is 59.9. The van der Waals surface area contributed by atoms with Gasteiger partial charge in [0.05, 0.1) is 40.1 Å². The second kappa shape index (κ2) is 23.7. The van der Waals surface area contributed by atoms with Crippen molar-refractivity contribution >= 4 is 75.7 Å². The van der Waals surface area contributed by atoms with Gasteiger partial charge < -0.3 is 20.3 Å². The quantitative estimate of drug-likeness (QED) is 0.0246. The topological polar surface area (TPSA) is 308 Å². The Bertz CT molecular complexity index is 3250. The van der Waals surface area contributed by atoms with Crippen LogP contribution < -0.4 is 15.5 Å². The average Bonchev–Trinajstić information content (AvgIpc) is 3.66. The van der Waals surface area contributed by atoms with E-state index in [-0.39, 0.29) is 81.2 Å². The lowest BCUT2D eigenvalue weighted by Gasteiger charge is -2.35. The van der Waals surface area contributed by atoms with Crippen LogP contribution in [0.3, 0.4) is 0 Å². The fourth-order valence-electron chi connectivity index (χ4n) is 10.9. The van der Waals surface area contributed by atoms with Gasteiger partial charge in [-0.05, 0) is 111 Å². The number of rotatable bonds is 24. The summed E-state index contributed by atoms with van der Waals surface area (Å²) in [5.41, 5.74) is 1.67. The van der Waals surface area contributed by atoms with E-state index < -0.39 is 92.3 Å². The summed E-state index contributed by atoms with van der Waals surface area (Å²) in [6.45, 7) is 9.48.